The van der Waals surface area contributed by atoms with E-state index in [0.717, 1.165) is 5.56 Å². The molecule has 1 N–H and O–H groups in total. The van der Waals surface area contributed by atoms with Crippen LogP contribution in [0.4, 0.5) is 11.5 Å². The predicted octanol–water partition coefficient (Wildman–Crippen LogP) is 3.60. The summed E-state index contributed by atoms with van der Waals surface area (Å²) in [5, 5.41) is 0. The van der Waals surface area contributed by atoms with E-state index < -0.39 is 20.0 Å². The first-order valence-electron chi connectivity index (χ1n) is 8.55. The fraction of sp³-hybridized carbons (Fsp3) is 0.158. The molecule has 8 nitrogen and oxygen atoms in total. The molecule has 0 aliphatic rings. The molecule has 29 heavy (non-hydrogen) atoms. The Morgan fingerprint density at radius 2 is 1.38 bits per heavy atom. The van der Waals surface area contributed by atoms with E-state index in [1.807, 2.05) is 6.92 Å². The highest BCUT2D eigenvalue weighted by molar-refractivity contribution is 7.94. The van der Waals surface area contributed by atoms with Crippen molar-refractivity contribution >= 4 is 31.6 Å². The molecule has 0 amide bonds. The van der Waals surface area contributed by atoms with Crippen molar-refractivity contribution in [3.05, 3.63) is 76.4 Å². The van der Waals surface area contributed by atoms with Gasteiger partial charge < -0.3 is 4.72 Å². The molecule has 3 rings (SSSR count). The van der Waals surface area contributed by atoms with Gasteiger partial charge in [-0.25, -0.2) is 26.8 Å². The van der Waals surface area contributed by atoms with E-state index in [-0.39, 0.29) is 21.3 Å². The van der Waals surface area contributed by atoms with Crippen molar-refractivity contribution in [3.63, 3.8) is 0 Å². The van der Waals surface area contributed by atoms with Gasteiger partial charge in [-0.2, -0.15) is 0 Å². The Morgan fingerprint density at radius 3 is 1.97 bits per heavy atom. The molecule has 0 fully saturated rings. The van der Waals surface area contributed by atoms with E-state index in [1.54, 1.807) is 26.0 Å². The zero-order valence-electron chi connectivity index (χ0n) is 16.0. The number of hydrogen-bond acceptors (Lipinski definition) is 6. The Bertz CT molecular complexity index is 1220. The number of anilines is 1. The van der Waals surface area contributed by atoms with Crippen molar-refractivity contribution < 1.29 is 16.8 Å². The Labute approximate surface area is 170 Å². The van der Waals surface area contributed by atoms with Crippen molar-refractivity contribution in [3.8, 4) is 0 Å². The van der Waals surface area contributed by atoms with Crippen molar-refractivity contribution in [2.75, 3.05) is 4.72 Å². The zero-order chi connectivity index (χ0) is 21.2. The molecule has 1 aromatic heterocycles. The van der Waals surface area contributed by atoms with Crippen LogP contribution in [0.15, 0.2) is 64.4 Å². The summed E-state index contributed by atoms with van der Waals surface area (Å²) in [6.07, 6.45) is 0. The molecule has 0 radical (unpaired) electrons. The van der Waals surface area contributed by atoms with Crippen LogP contribution in [0.2, 0.25) is 0 Å². The molecule has 0 unspecified atom stereocenters. The second-order valence-corrected chi connectivity index (χ2v) is 9.71. The number of nitrogens with one attached hydrogen (secondary N) is 1. The standard InChI is InChI=1S/C19H19N4O4S2/c1-13-4-8-17(9-5-13)28(24,25)22-16-6-10-18(11-7-16)29(26,27)23-19-12-14(2)20-15(3)21-19/h4-12H,1-3H3,(H,20,21,23)/q-1. The third-order valence-corrected chi connectivity index (χ3v) is 6.59. The normalized spacial score (nSPS) is 11.8. The first-order valence-corrected chi connectivity index (χ1v) is 11.5. The Kier molecular flexibility index (Phi) is 5.58. The first kappa shape index (κ1) is 20.7. The summed E-state index contributed by atoms with van der Waals surface area (Å²) in [6, 6.07) is 13.1. The van der Waals surface area contributed by atoms with Gasteiger partial charge in [0.15, 0.2) is 0 Å². The van der Waals surface area contributed by atoms with Gasteiger partial charge in [-0.1, -0.05) is 29.8 Å². The second-order valence-electron chi connectivity index (χ2n) is 6.42. The maximum absolute atomic E-state index is 12.6. The molecule has 0 bridgehead atoms. The van der Waals surface area contributed by atoms with Gasteiger partial charge in [-0.15, -0.1) is 5.69 Å². The molecule has 152 valence electrons. The third kappa shape index (κ3) is 5.09. The number of hydrogen-bond donors (Lipinski definition) is 1. The Hall–Kier alpha value is -2.98. The Balaban J connectivity index is 1.79. The lowest BCUT2D eigenvalue weighted by atomic mass is 10.2. The number of aryl methyl sites for hydroxylation is 3. The summed E-state index contributed by atoms with van der Waals surface area (Å²) >= 11 is 0. The van der Waals surface area contributed by atoms with Crippen molar-refractivity contribution in [1.82, 2.24) is 9.97 Å². The predicted molar refractivity (Wildman–Crippen MR) is 110 cm³/mol. The van der Waals surface area contributed by atoms with Crippen LogP contribution in [0.1, 0.15) is 17.1 Å². The molecule has 0 atom stereocenters. The average molecular weight is 432 g/mol. The summed E-state index contributed by atoms with van der Waals surface area (Å²) in [7, 11) is -7.79. The highest BCUT2D eigenvalue weighted by Crippen LogP contribution is 2.29. The molecule has 0 aliphatic heterocycles. The van der Waals surface area contributed by atoms with Crippen LogP contribution in [0.5, 0.6) is 0 Å². The summed E-state index contributed by atoms with van der Waals surface area (Å²) in [6.45, 7) is 5.25. The summed E-state index contributed by atoms with van der Waals surface area (Å²) in [4.78, 5) is 8.17. The van der Waals surface area contributed by atoms with Gasteiger partial charge in [0, 0.05) is 11.8 Å². The van der Waals surface area contributed by atoms with Crippen LogP contribution >= 0.6 is 0 Å². The van der Waals surface area contributed by atoms with Crippen LogP contribution in [0.3, 0.4) is 0 Å². The van der Waals surface area contributed by atoms with Crippen molar-refractivity contribution in [2.45, 2.75) is 30.6 Å². The van der Waals surface area contributed by atoms with Crippen molar-refractivity contribution in [1.29, 1.82) is 0 Å². The fourth-order valence-electron chi connectivity index (χ4n) is 2.55. The van der Waals surface area contributed by atoms with Gasteiger partial charge >= 0.3 is 0 Å². The van der Waals surface area contributed by atoms with E-state index in [1.165, 1.54) is 42.5 Å². The van der Waals surface area contributed by atoms with E-state index in [0.29, 0.717) is 11.5 Å². The van der Waals surface area contributed by atoms with E-state index in [4.69, 9.17) is 0 Å². The second kappa shape index (κ2) is 7.80. The van der Waals surface area contributed by atoms with E-state index in [2.05, 4.69) is 19.4 Å². The summed E-state index contributed by atoms with van der Waals surface area (Å²) in [5.74, 6) is 0.601. The minimum absolute atomic E-state index is 0.0434. The molecule has 10 heteroatoms. The molecule has 0 aliphatic carbocycles. The maximum Gasteiger partial charge on any atom is 0.263 e. The third-order valence-electron chi connectivity index (χ3n) is 3.90. The van der Waals surface area contributed by atoms with Crippen LogP contribution in [-0.2, 0) is 20.0 Å². The molecule has 0 saturated heterocycles. The van der Waals surface area contributed by atoms with Crippen molar-refractivity contribution in [2.24, 2.45) is 0 Å². The SMILES string of the molecule is Cc1ccc(S(=O)(=O)[N-]c2ccc(S(=O)(=O)Nc3cc(C)nc(C)n3)cc2)cc1. The van der Waals surface area contributed by atoms with Gasteiger partial charge in [0.1, 0.15) is 21.7 Å². The van der Waals surface area contributed by atoms with Crippen LogP contribution in [0, 0.1) is 20.8 Å². The monoisotopic (exact) mass is 431 g/mol. The van der Waals surface area contributed by atoms with E-state index in [9.17, 15) is 16.8 Å². The van der Waals surface area contributed by atoms with Crippen LogP contribution in [0.25, 0.3) is 4.72 Å². The highest BCUT2D eigenvalue weighted by Gasteiger charge is 2.15. The molecule has 2 aromatic carbocycles. The van der Waals surface area contributed by atoms with Gasteiger partial charge in [0.25, 0.3) is 10.0 Å². The minimum Gasteiger partial charge on any atom is -0.573 e. The molecule has 0 spiro atoms. The topological polar surface area (TPSA) is 120 Å². The first-order chi connectivity index (χ1) is 13.5. The lowest BCUT2D eigenvalue weighted by Crippen LogP contribution is -2.14. The van der Waals surface area contributed by atoms with E-state index >= 15 is 0 Å². The van der Waals surface area contributed by atoms with Gasteiger partial charge in [-0.3, -0.25) is 4.72 Å². The molecular formula is C19H19N4O4S2-. The highest BCUT2D eigenvalue weighted by atomic mass is 32.2. The largest absolute Gasteiger partial charge is 0.573 e. The Morgan fingerprint density at radius 1 is 0.793 bits per heavy atom. The zero-order valence-corrected chi connectivity index (χ0v) is 17.6. The molecule has 3 aromatic rings. The van der Waals surface area contributed by atoms with Gasteiger partial charge in [-0.05, 0) is 45.0 Å². The smallest absolute Gasteiger partial charge is 0.263 e. The summed E-state index contributed by atoms with van der Waals surface area (Å²) < 4.78 is 56.0. The van der Waals surface area contributed by atoms with Gasteiger partial charge in [0.05, 0.1) is 9.79 Å². The molecule has 0 saturated carbocycles. The molecular weight excluding hydrogens is 412 g/mol. The molecule has 1 heterocycles. The van der Waals surface area contributed by atoms with Crippen LogP contribution < -0.4 is 4.72 Å². The number of sulfonamides is 2. The van der Waals surface area contributed by atoms with Crippen LogP contribution in [-0.4, -0.2) is 26.8 Å². The number of rotatable bonds is 6. The maximum atomic E-state index is 12.6. The number of aromatic nitrogens is 2. The summed E-state index contributed by atoms with van der Waals surface area (Å²) in [5.41, 5.74) is 1.68. The fourth-order valence-corrected chi connectivity index (χ4v) is 4.53. The quantitative estimate of drug-likeness (QED) is 0.637. The lowest BCUT2D eigenvalue weighted by Gasteiger charge is -2.22. The number of nitrogens with zero attached hydrogens (tertiary/aromatic N) is 3. The minimum atomic E-state index is -3.90. The average Bonchev–Trinajstić information content (AvgIpc) is 2.61. The lowest BCUT2D eigenvalue weighted by molar-refractivity contribution is 0.600. The number of benzene rings is 2. The van der Waals surface area contributed by atoms with Gasteiger partial charge in [0.2, 0.25) is 0 Å².